The zero-order valence-electron chi connectivity index (χ0n) is 11.1. The minimum atomic E-state index is 0.205. The van der Waals surface area contributed by atoms with E-state index >= 15 is 0 Å². The van der Waals surface area contributed by atoms with Crippen molar-refractivity contribution < 1.29 is 0 Å². The molecule has 1 unspecified atom stereocenters. The summed E-state index contributed by atoms with van der Waals surface area (Å²) in [4.78, 5) is 0. The molecule has 0 amide bonds. The SMILES string of the molecule is CCc1nn(CC)c(CCC(Cl)C(C)C)c1Cl. The van der Waals surface area contributed by atoms with Crippen molar-refractivity contribution in [3.05, 3.63) is 16.4 Å². The summed E-state index contributed by atoms with van der Waals surface area (Å²) in [5.74, 6) is 0.499. The fraction of sp³-hybridized carbons (Fsp3) is 0.769. The molecule has 0 aliphatic rings. The number of hydrogen-bond acceptors (Lipinski definition) is 1. The Bertz CT molecular complexity index is 359. The second-order valence-corrected chi connectivity index (χ2v) is 5.61. The maximum absolute atomic E-state index is 6.35. The summed E-state index contributed by atoms with van der Waals surface area (Å²) in [6, 6.07) is 0. The van der Waals surface area contributed by atoms with Crippen molar-refractivity contribution >= 4 is 23.2 Å². The van der Waals surface area contributed by atoms with Crippen LogP contribution in [0.25, 0.3) is 0 Å². The summed E-state index contributed by atoms with van der Waals surface area (Å²) < 4.78 is 2.01. The van der Waals surface area contributed by atoms with E-state index in [0.717, 1.165) is 42.2 Å². The number of nitrogens with zero attached hydrogens (tertiary/aromatic N) is 2. The van der Waals surface area contributed by atoms with Gasteiger partial charge in [0.1, 0.15) is 0 Å². The van der Waals surface area contributed by atoms with E-state index in [4.69, 9.17) is 23.2 Å². The Morgan fingerprint density at radius 3 is 2.41 bits per heavy atom. The molecular weight excluding hydrogens is 255 g/mol. The molecule has 1 atom stereocenters. The Morgan fingerprint density at radius 1 is 1.29 bits per heavy atom. The van der Waals surface area contributed by atoms with Gasteiger partial charge in [0.25, 0.3) is 0 Å². The van der Waals surface area contributed by atoms with Gasteiger partial charge in [0.05, 0.1) is 16.4 Å². The molecule has 1 rings (SSSR count). The zero-order chi connectivity index (χ0) is 13.0. The first-order valence-electron chi connectivity index (χ1n) is 6.39. The summed E-state index contributed by atoms with van der Waals surface area (Å²) >= 11 is 12.6. The number of halogens is 2. The van der Waals surface area contributed by atoms with Crippen molar-refractivity contribution in [1.29, 1.82) is 0 Å². The quantitative estimate of drug-likeness (QED) is 0.708. The van der Waals surface area contributed by atoms with Gasteiger partial charge in [-0.25, -0.2) is 0 Å². The van der Waals surface area contributed by atoms with Gasteiger partial charge in [0, 0.05) is 11.9 Å². The lowest BCUT2D eigenvalue weighted by molar-refractivity contribution is 0.542. The number of alkyl halides is 1. The van der Waals surface area contributed by atoms with Crippen LogP contribution in [0.5, 0.6) is 0 Å². The van der Waals surface area contributed by atoms with Gasteiger partial charge < -0.3 is 0 Å². The van der Waals surface area contributed by atoms with Gasteiger partial charge in [-0.05, 0) is 32.1 Å². The van der Waals surface area contributed by atoms with Crippen LogP contribution in [0.15, 0.2) is 0 Å². The molecule has 0 radical (unpaired) electrons. The Hall–Kier alpha value is -0.210. The summed E-state index contributed by atoms with van der Waals surface area (Å²) in [6.07, 6.45) is 2.74. The van der Waals surface area contributed by atoms with Gasteiger partial charge in [-0.3, -0.25) is 4.68 Å². The van der Waals surface area contributed by atoms with Crippen molar-refractivity contribution in [3.63, 3.8) is 0 Å². The lowest BCUT2D eigenvalue weighted by Crippen LogP contribution is -2.11. The number of aryl methyl sites for hydroxylation is 2. The monoisotopic (exact) mass is 276 g/mol. The Morgan fingerprint density at radius 2 is 1.94 bits per heavy atom. The van der Waals surface area contributed by atoms with E-state index in [0.29, 0.717) is 5.92 Å². The van der Waals surface area contributed by atoms with Crippen molar-refractivity contribution in [2.75, 3.05) is 0 Å². The summed E-state index contributed by atoms with van der Waals surface area (Å²) in [6.45, 7) is 9.33. The zero-order valence-corrected chi connectivity index (χ0v) is 12.6. The summed E-state index contributed by atoms with van der Waals surface area (Å²) in [7, 11) is 0. The van der Waals surface area contributed by atoms with Crippen LogP contribution in [0.2, 0.25) is 5.02 Å². The van der Waals surface area contributed by atoms with Crippen LogP contribution in [0, 0.1) is 5.92 Å². The Labute approximate surface area is 114 Å². The molecule has 1 heterocycles. The molecule has 0 spiro atoms. The van der Waals surface area contributed by atoms with Crippen molar-refractivity contribution in [3.8, 4) is 0 Å². The molecule has 0 bridgehead atoms. The van der Waals surface area contributed by atoms with Crippen LogP contribution in [0.1, 0.15) is 45.5 Å². The minimum absolute atomic E-state index is 0.205. The first-order valence-corrected chi connectivity index (χ1v) is 7.20. The maximum Gasteiger partial charge on any atom is 0.0849 e. The largest absolute Gasteiger partial charge is 0.268 e. The standard InChI is InChI=1S/C13H22Cl2N2/c1-5-11-13(15)12(17(6-2)16-11)8-7-10(14)9(3)4/h9-10H,5-8H2,1-4H3. The smallest absolute Gasteiger partial charge is 0.0849 e. The number of rotatable bonds is 6. The van der Waals surface area contributed by atoms with Crippen molar-refractivity contribution in [2.45, 2.75) is 58.9 Å². The Kier molecular flexibility index (Phi) is 5.81. The van der Waals surface area contributed by atoms with Gasteiger partial charge in [-0.2, -0.15) is 5.10 Å². The molecule has 4 heteroatoms. The lowest BCUT2D eigenvalue weighted by atomic mass is 10.0. The van der Waals surface area contributed by atoms with Gasteiger partial charge in [0.2, 0.25) is 0 Å². The molecular formula is C13H22Cl2N2. The molecule has 2 nitrogen and oxygen atoms in total. The van der Waals surface area contributed by atoms with Crippen LogP contribution >= 0.6 is 23.2 Å². The average molecular weight is 277 g/mol. The highest BCUT2D eigenvalue weighted by Crippen LogP contribution is 2.25. The molecule has 98 valence electrons. The van der Waals surface area contributed by atoms with Crippen LogP contribution in [0.4, 0.5) is 0 Å². The molecule has 1 aromatic rings. The highest BCUT2D eigenvalue weighted by atomic mass is 35.5. The Balaban J connectivity index is 2.79. The van der Waals surface area contributed by atoms with E-state index in [1.165, 1.54) is 0 Å². The molecule has 0 aliphatic heterocycles. The molecule has 1 aromatic heterocycles. The third kappa shape index (κ3) is 3.62. The predicted molar refractivity (Wildman–Crippen MR) is 75.1 cm³/mol. The molecule has 0 aromatic carbocycles. The lowest BCUT2D eigenvalue weighted by Gasteiger charge is -2.13. The van der Waals surface area contributed by atoms with Gasteiger partial charge in [0.15, 0.2) is 0 Å². The summed E-state index contributed by atoms with van der Waals surface area (Å²) in [5, 5.41) is 5.55. The van der Waals surface area contributed by atoms with Gasteiger partial charge in [-0.15, -0.1) is 11.6 Å². The van der Waals surface area contributed by atoms with Crippen LogP contribution in [-0.4, -0.2) is 15.2 Å². The minimum Gasteiger partial charge on any atom is -0.268 e. The number of aromatic nitrogens is 2. The van der Waals surface area contributed by atoms with E-state index in [1.807, 2.05) is 4.68 Å². The number of hydrogen-bond donors (Lipinski definition) is 0. The van der Waals surface area contributed by atoms with E-state index < -0.39 is 0 Å². The molecule has 0 saturated heterocycles. The van der Waals surface area contributed by atoms with Gasteiger partial charge >= 0.3 is 0 Å². The molecule has 0 fully saturated rings. The predicted octanol–water partition coefficient (Wildman–Crippen LogP) is 4.31. The van der Waals surface area contributed by atoms with Crippen molar-refractivity contribution in [1.82, 2.24) is 9.78 Å². The van der Waals surface area contributed by atoms with Crippen LogP contribution < -0.4 is 0 Å². The van der Waals surface area contributed by atoms with E-state index in [9.17, 15) is 0 Å². The first kappa shape index (κ1) is 14.8. The highest BCUT2D eigenvalue weighted by molar-refractivity contribution is 6.31. The van der Waals surface area contributed by atoms with Gasteiger partial charge in [-0.1, -0.05) is 32.4 Å². The van der Waals surface area contributed by atoms with E-state index in [2.05, 4.69) is 32.8 Å². The van der Waals surface area contributed by atoms with Crippen molar-refractivity contribution in [2.24, 2.45) is 5.92 Å². The highest BCUT2D eigenvalue weighted by Gasteiger charge is 2.16. The van der Waals surface area contributed by atoms with E-state index in [-0.39, 0.29) is 5.38 Å². The fourth-order valence-electron chi connectivity index (χ4n) is 1.86. The van der Waals surface area contributed by atoms with Crippen LogP contribution in [0.3, 0.4) is 0 Å². The average Bonchev–Trinajstić information content (AvgIpc) is 2.62. The maximum atomic E-state index is 6.35. The van der Waals surface area contributed by atoms with E-state index in [1.54, 1.807) is 0 Å². The molecule has 17 heavy (non-hydrogen) atoms. The second kappa shape index (κ2) is 6.65. The topological polar surface area (TPSA) is 17.8 Å². The molecule has 0 N–H and O–H groups in total. The second-order valence-electron chi connectivity index (χ2n) is 4.68. The molecule has 0 aliphatic carbocycles. The summed E-state index contributed by atoms with van der Waals surface area (Å²) in [5.41, 5.74) is 2.14. The third-order valence-corrected chi connectivity index (χ3v) is 4.23. The fourth-order valence-corrected chi connectivity index (χ4v) is 2.34. The first-order chi connectivity index (χ1) is 8.01. The normalized spacial score (nSPS) is 13.4. The molecule has 0 saturated carbocycles. The van der Waals surface area contributed by atoms with Crippen LogP contribution in [-0.2, 0) is 19.4 Å². The third-order valence-electron chi connectivity index (χ3n) is 3.07.